The van der Waals surface area contributed by atoms with Crippen LogP contribution < -0.4 is 10.1 Å². The number of ether oxygens (including phenoxy) is 1. The quantitative estimate of drug-likeness (QED) is 0.912. The van der Waals surface area contributed by atoms with Crippen molar-refractivity contribution in [2.24, 2.45) is 0 Å². The van der Waals surface area contributed by atoms with Gasteiger partial charge in [0.05, 0.1) is 35.1 Å². The van der Waals surface area contributed by atoms with Gasteiger partial charge in [-0.15, -0.1) is 0 Å². The van der Waals surface area contributed by atoms with E-state index < -0.39 is 0 Å². The maximum absolute atomic E-state index is 6.11. The molecular formula is C14H14Cl2N2O. The van der Waals surface area contributed by atoms with E-state index in [-0.39, 0.29) is 0 Å². The molecule has 1 aromatic heterocycles. The van der Waals surface area contributed by atoms with Crippen molar-refractivity contribution in [3.05, 3.63) is 51.8 Å². The molecule has 0 fully saturated rings. The highest BCUT2D eigenvalue weighted by molar-refractivity contribution is 6.43. The lowest BCUT2D eigenvalue weighted by atomic mass is 10.2. The average Bonchev–Trinajstić information content (AvgIpc) is 2.40. The Balaban J connectivity index is 2.14. The second-order valence-electron chi connectivity index (χ2n) is 4.09. The number of rotatable bonds is 4. The zero-order chi connectivity index (χ0) is 13.8. The minimum Gasteiger partial charge on any atom is -0.497 e. The number of nitrogens with one attached hydrogen (secondary N) is 1. The summed E-state index contributed by atoms with van der Waals surface area (Å²) in [5.74, 6) is 0.793. The van der Waals surface area contributed by atoms with Crippen molar-refractivity contribution in [2.45, 2.75) is 13.5 Å². The molecule has 2 rings (SSSR count). The van der Waals surface area contributed by atoms with Crippen LogP contribution in [0.4, 0.5) is 5.69 Å². The molecule has 0 amide bonds. The first-order chi connectivity index (χ1) is 9.10. The molecule has 100 valence electrons. The van der Waals surface area contributed by atoms with Crippen molar-refractivity contribution in [1.29, 1.82) is 0 Å². The molecule has 1 heterocycles. The van der Waals surface area contributed by atoms with Crippen LogP contribution in [-0.4, -0.2) is 12.1 Å². The molecule has 19 heavy (non-hydrogen) atoms. The van der Waals surface area contributed by atoms with E-state index in [1.165, 1.54) is 0 Å². The number of halogens is 2. The predicted molar refractivity (Wildman–Crippen MR) is 79.3 cm³/mol. The number of hydrogen-bond acceptors (Lipinski definition) is 3. The Hall–Kier alpha value is -1.45. The van der Waals surface area contributed by atoms with Gasteiger partial charge in [-0.3, -0.25) is 4.98 Å². The van der Waals surface area contributed by atoms with Crippen LogP contribution in [0.3, 0.4) is 0 Å². The molecule has 0 spiro atoms. The minimum absolute atomic E-state index is 0.517. The zero-order valence-electron chi connectivity index (χ0n) is 10.7. The predicted octanol–water partition coefficient (Wildman–Crippen LogP) is 4.32. The van der Waals surface area contributed by atoms with Gasteiger partial charge in [0.2, 0.25) is 0 Å². The summed E-state index contributed by atoms with van der Waals surface area (Å²) in [7, 11) is 1.64. The number of anilines is 1. The Kier molecular flexibility index (Phi) is 4.51. The normalized spacial score (nSPS) is 10.3. The molecular weight excluding hydrogens is 283 g/mol. The van der Waals surface area contributed by atoms with Crippen LogP contribution in [0.2, 0.25) is 10.0 Å². The Morgan fingerprint density at radius 2 is 2.05 bits per heavy atom. The maximum atomic E-state index is 6.11. The van der Waals surface area contributed by atoms with E-state index in [0.29, 0.717) is 16.6 Å². The van der Waals surface area contributed by atoms with E-state index in [1.54, 1.807) is 13.2 Å². The highest BCUT2D eigenvalue weighted by atomic mass is 35.5. The molecule has 1 aromatic carbocycles. The second kappa shape index (κ2) is 6.13. The summed E-state index contributed by atoms with van der Waals surface area (Å²) in [4.78, 5) is 4.43. The van der Waals surface area contributed by atoms with E-state index in [1.807, 2.05) is 31.2 Å². The third kappa shape index (κ3) is 3.52. The lowest BCUT2D eigenvalue weighted by Gasteiger charge is -2.10. The van der Waals surface area contributed by atoms with Gasteiger partial charge in [0, 0.05) is 17.8 Å². The van der Waals surface area contributed by atoms with Crippen LogP contribution in [-0.2, 0) is 6.54 Å². The third-order valence-corrected chi connectivity index (χ3v) is 3.45. The average molecular weight is 297 g/mol. The number of pyridine rings is 1. The Morgan fingerprint density at radius 1 is 1.26 bits per heavy atom. The topological polar surface area (TPSA) is 34.1 Å². The van der Waals surface area contributed by atoms with E-state index in [4.69, 9.17) is 27.9 Å². The van der Waals surface area contributed by atoms with Crippen molar-refractivity contribution in [1.82, 2.24) is 4.98 Å². The molecule has 0 unspecified atom stereocenters. The molecule has 3 nitrogen and oxygen atoms in total. The fourth-order valence-electron chi connectivity index (χ4n) is 1.74. The van der Waals surface area contributed by atoms with Gasteiger partial charge in [0.1, 0.15) is 5.75 Å². The number of nitrogens with zero attached hydrogens (tertiary/aromatic N) is 1. The van der Waals surface area contributed by atoms with Crippen molar-refractivity contribution in [2.75, 3.05) is 12.4 Å². The maximum Gasteiger partial charge on any atom is 0.122 e. The van der Waals surface area contributed by atoms with Crippen molar-refractivity contribution < 1.29 is 4.74 Å². The summed E-state index contributed by atoms with van der Waals surface area (Å²) >= 11 is 12.1. The number of methoxy groups -OCH3 is 1. The Morgan fingerprint density at radius 3 is 2.79 bits per heavy atom. The highest BCUT2D eigenvalue weighted by Crippen LogP contribution is 2.29. The van der Waals surface area contributed by atoms with Crippen LogP contribution in [0.5, 0.6) is 5.75 Å². The number of aromatic nitrogens is 1. The monoisotopic (exact) mass is 296 g/mol. The van der Waals surface area contributed by atoms with Crippen LogP contribution in [0.15, 0.2) is 30.3 Å². The third-order valence-electron chi connectivity index (χ3n) is 2.63. The van der Waals surface area contributed by atoms with E-state index in [9.17, 15) is 0 Å². The van der Waals surface area contributed by atoms with E-state index in [2.05, 4.69) is 10.3 Å². The molecule has 0 saturated carbocycles. The van der Waals surface area contributed by atoms with Gasteiger partial charge >= 0.3 is 0 Å². The summed E-state index contributed by atoms with van der Waals surface area (Å²) < 4.78 is 5.22. The lowest BCUT2D eigenvalue weighted by Crippen LogP contribution is -2.03. The standard InChI is InChI=1S/C14H14Cl2N2O/c1-9-6-11(19-2)7-10(18-9)8-17-13-5-3-4-12(15)14(13)16/h3-7,17H,8H2,1-2H3. The summed E-state index contributed by atoms with van der Waals surface area (Å²) in [6.07, 6.45) is 0. The fourth-order valence-corrected chi connectivity index (χ4v) is 2.10. The number of benzene rings is 1. The van der Waals surface area contributed by atoms with Crippen molar-refractivity contribution in [3.63, 3.8) is 0 Å². The Labute approximate surface area is 122 Å². The van der Waals surface area contributed by atoms with E-state index in [0.717, 1.165) is 22.8 Å². The largest absolute Gasteiger partial charge is 0.497 e. The van der Waals surface area contributed by atoms with Crippen molar-refractivity contribution in [3.8, 4) is 5.75 Å². The van der Waals surface area contributed by atoms with Crippen LogP contribution in [0, 0.1) is 6.92 Å². The second-order valence-corrected chi connectivity index (χ2v) is 4.88. The van der Waals surface area contributed by atoms with Gasteiger partial charge in [-0.2, -0.15) is 0 Å². The molecule has 0 aliphatic carbocycles. The van der Waals surface area contributed by atoms with Gasteiger partial charge in [0.15, 0.2) is 0 Å². The van der Waals surface area contributed by atoms with Gasteiger partial charge in [-0.25, -0.2) is 0 Å². The molecule has 1 N–H and O–H groups in total. The van der Waals surface area contributed by atoms with E-state index >= 15 is 0 Å². The molecule has 0 aliphatic heterocycles. The smallest absolute Gasteiger partial charge is 0.122 e. The summed E-state index contributed by atoms with van der Waals surface area (Å²) in [6, 6.07) is 9.25. The molecule has 5 heteroatoms. The zero-order valence-corrected chi connectivity index (χ0v) is 12.2. The Bertz CT molecular complexity index is 588. The first-order valence-corrected chi connectivity index (χ1v) is 6.55. The molecule has 0 aliphatic rings. The van der Waals surface area contributed by atoms with Crippen LogP contribution >= 0.6 is 23.2 Å². The lowest BCUT2D eigenvalue weighted by molar-refractivity contribution is 0.413. The molecule has 0 atom stereocenters. The minimum atomic E-state index is 0.517. The van der Waals surface area contributed by atoms with Crippen molar-refractivity contribution >= 4 is 28.9 Å². The molecule has 0 saturated heterocycles. The number of hydrogen-bond donors (Lipinski definition) is 1. The number of aryl methyl sites for hydroxylation is 1. The molecule has 0 radical (unpaired) electrons. The summed E-state index contributed by atoms with van der Waals surface area (Å²) in [6.45, 7) is 2.48. The molecule has 0 bridgehead atoms. The van der Waals surface area contributed by atoms with Crippen LogP contribution in [0.25, 0.3) is 0 Å². The summed E-state index contributed by atoms with van der Waals surface area (Å²) in [5, 5.41) is 4.26. The van der Waals surface area contributed by atoms with Crippen LogP contribution in [0.1, 0.15) is 11.4 Å². The van der Waals surface area contributed by atoms with Gasteiger partial charge in [0.25, 0.3) is 0 Å². The fraction of sp³-hybridized carbons (Fsp3) is 0.214. The first-order valence-electron chi connectivity index (χ1n) is 5.79. The van der Waals surface area contributed by atoms with Gasteiger partial charge < -0.3 is 10.1 Å². The van der Waals surface area contributed by atoms with Gasteiger partial charge in [-0.05, 0) is 19.1 Å². The molecule has 2 aromatic rings. The summed E-state index contributed by atoms with van der Waals surface area (Å²) in [5.41, 5.74) is 2.58. The SMILES string of the molecule is COc1cc(C)nc(CNc2cccc(Cl)c2Cl)c1. The first kappa shape index (κ1) is 14.0. The van der Waals surface area contributed by atoms with Gasteiger partial charge in [-0.1, -0.05) is 29.3 Å². The highest BCUT2D eigenvalue weighted by Gasteiger charge is 2.05.